The Hall–Kier alpha value is -1.02. The van der Waals surface area contributed by atoms with Gasteiger partial charge in [0, 0.05) is 10.0 Å². The summed E-state index contributed by atoms with van der Waals surface area (Å²) in [5.74, 6) is 0. The first-order valence-corrected chi connectivity index (χ1v) is 7.90. The summed E-state index contributed by atoms with van der Waals surface area (Å²) in [6.45, 7) is 0. The van der Waals surface area contributed by atoms with Crippen LogP contribution in [0, 0.1) is 0 Å². The van der Waals surface area contributed by atoms with Gasteiger partial charge in [0.1, 0.15) is 0 Å². The number of fused-ring (bicyclic) bond motifs is 1. The highest BCUT2D eigenvalue weighted by atomic mass is 79.9. The molecule has 3 rings (SSSR count). The molecular weight excluding hydrogens is 355 g/mol. The predicted molar refractivity (Wildman–Crippen MR) is 91.2 cm³/mol. The van der Waals surface area contributed by atoms with Gasteiger partial charge in [-0.15, -0.1) is 0 Å². The molecule has 1 atom stereocenters. The van der Waals surface area contributed by atoms with E-state index in [1.54, 1.807) is 6.07 Å². The van der Waals surface area contributed by atoms with E-state index in [2.05, 4.69) is 46.3 Å². The maximum absolute atomic E-state index is 6.27. The summed E-state index contributed by atoms with van der Waals surface area (Å²) < 4.78 is 0. The topological polar surface area (TPSA) is 0 Å². The lowest BCUT2D eigenvalue weighted by Gasteiger charge is -2.14. The van der Waals surface area contributed by atoms with Crippen LogP contribution in [-0.2, 0) is 0 Å². The molecule has 0 radical (unpaired) electrons. The number of rotatable bonds is 2. The first-order chi connectivity index (χ1) is 9.65. The molecule has 0 aliphatic carbocycles. The van der Waals surface area contributed by atoms with Crippen LogP contribution in [0.15, 0.2) is 60.7 Å². The first-order valence-electron chi connectivity index (χ1n) is 6.23. The summed E-state index contributed by atoms with van der Waals surface area (Å²) in [7, 11) is 0. The molecule has 0 heterocycles. The second kappa shape index (κ2) is 5.77. The Bertz CT molecular complexity index is 768. The number of benzene rings is 3. The molecule has 0 saturated carbocycles. The maximum atomic E-state index is 6.27. The Morgan fingerprint density at radius 3 is 2.35 bits per heavy atom. The van der Waals surface area contributed by atoms with E-state index in [4.69, 9.17) is 23.2 Å². The molecule has 0 bridgehead atoms. The average Bonchev–Trinajstić information content (AvgIpc) is 2.48. The molecule has 3 aromatic rings. The average molecular weight is 366 g/mol. The molecule has 0 nitrogen and oxygen atoms in total. The molecule has 0 aromatic heterocycles. The Labute approximate surface area is 136 Å². The van der Waals surface area contributed by atoms with E-state index in [-0.39, 0.29) is 4.83 Å². The van der Waals surface area contributed by atoms with Crippen molar-refractivity contribution in [2.75, 3.05) is 0 Å². The lowest BCUT2D eigenvalue weighted by molar-refractivity contribution is 1.18. The Balaban J connectivity index is 2.07. The fourth-order valence-corrected chi connectivity index (χ4v) is 3.46. The van der Waals surface area contributed by atoms with Crippen LogP contribution >= 0.6 is 39.1 Å². The van der Waals surface area contributed by atoms with Crippen molar-refractivity contribution in [1.82, 2.24) is 0 Å². The van der Waals surface area contributed by atoms with Gasteiger partial charge >= 0.3 is 0 Å². The fourth-order valence-electron chi connectivity index (χ4n) is 2.25. The number of hydrogen-bond donors (Lipinski definition) is 0. The summed E-state index contributed by atoms with van der Waals surface area (Å²) in [4.78, 5) is 0.0262. The predicted octanol–water partition coefficient (Wildman–Crippen LogP) is 6.63. The van der Waals surface area contributed by atoms with Crippen LogP contribution in [0.3, 0.4) is 0 Å². The van der Waals surface area contributed by atoms with Gasteiger partial charge in [0.2, 0.25) is 0 Å². The van der Waals surface area contributed by atoms with E-state index in [1.807, 2.05) is 24.3 Å². The molecule has 100 valence electrons. The van der Waals surface area contributed by atoms with E-state index in [9.17, 15) is 0 Å². The van der Waals surface area contributed by atoms with Crippen molar-refractivity contribution in [2.24, 2.45) is 0 Å². The van der Waals surface area contributed by atoms with Gasteiger partial charge in [-0.1, -0.05) is 75.5 Å². The molecule has 0 aliphatic rings. The van der Waals surface area contributed by atoms with Crippen molar-refractivity contribution in [3.05, 3.63) is 81.8 Å². The van der Waals surface area contributed by atoms with E-state index in [1.165, 1.54) is 10.8 Å². The van der Waals surface area contributed by atoms with Gasteiger partial charge in [-0.05, 0) is 46.2 Å². The highest BCUT2D eigenvalue weighted by Gasteiger charge is 2.14. The fraction of sp³-hybridized carbons (Fsp3) is 0.0588. The third-order valence-electron chi connectivity index (χ3n) is 3.30. The zero-order chi connectivity index (χ0) is 14.1. The van der Waals surface area contributed by atoms with Crippen LogP contribution in [0.5, 0.6) is 0 Å². The van der Waals surface area contributed by atoms with E-state index in [0.717, 1.165) is 11.1 Å². The molecule has 1 unspecified atom stereocenters. The van der Waals surface area contributed by atoms with Crippen LogP contribution in [0.2, 0.25) is 10.0 Å². The maximum Gasteiger partial charge on any atom is 0.0659 e. The van der Waals surface area contributed by atoms with Gasteiger partial charge in [0.25, 0.3) is 0 Å². The largest absolute Gasteiger partial charge is 0.0843 e. The summed E-state index contributed by atoms with van der Waals surface area (Å²) >= 11 is 16.1. The summed E-state index contributed by atoms with van der Waals surface area (Å²) in [5.41, 5.74) is 2.14. The standard InChI is InChI=1S/C17H11BrCl2/c18-17(15-10-14(19)7-8-16(15)20)13-6-5-11-3-1-2-4-12(11)9-13/h1-10,17H. The molecule has 0 saturated heterocycles. The minimum absolute atomic E-state index is 0.0262. The van der Waals surface area contributed by atoms with Gasteiger partial charge < -0.3 is 0 Å². The molecular formula is C17H11BrCl2. The minimum atomic E-state index is 0.0262. The Morgan fingerprint density at radius 1 is 0.800 bits per heavy atom. The molecule has 0 spiro atoms. The van der Waals surface area contributed by atoms with Crippen LogP contribution in [0.4, 0.5) is 0 Å². The third-order valence-corrected chi connectivity index (χ3v) is 4.90. The Kier molecular flexibility index (Phi) is 4.02. The monoisotopic (exact) mass is 364 g/mol. The number of hydrogen-bond acceptors (Lipinski definition) is 0. The van der Waals surface area contributed by atoms with Crippen molar-refractivity contribution in [3.63, 3.8) is 0 Å². The van der Waals surface area contributed by atoms with E-state index in [0.29, 0.717) is 10.0 Å². The highest BCUT2D eigenvalue weighted by molar-refractivity contribution is 9.09. The minimum Gasteiger partial charge on any atom is -0.0843 e. The number of halogens is 3. The summed E-state index contributed by atoms with van der Waals surface area (Å²) in [6, 6.07) is 20.2. The van der Waals surface area contributed by atoms with Gasteiger partial charge in [0.15, 0.2) is 0 Å². The molecule has 3 aromatic carbocycles. The van der Waals surface area contributed by atoms with Crippen LogP contribution in [0.1, 0.15) is 16.0 Å². The quantitative estimate of drug-likeness (QED) is 0.447. The van der Waals surface area contributed by atoms with Crippen LogP contribution in [0.25, 0.3) is 10.8 Å². The second-order valence-corrected chi connectivity index (χ2v) is 6.39. The van der Waals surface area contributed by atoms with Gasteiger partial charge in [-0.3, -0.25) is 0 Å². The molecule has 0 aliphatic heterocycles. The van der Waals surface area contributed by atoms with E-state index >= 15 is 0 Å². The van der Waals surface area contributed by atoms with Gasteiger partial charge in [-0.25, -0.2) is 0 Å². The molecule has 0 N–H and O–H groups in total. The van der Waals surface area contributed by atoms with Crippen LogP contribution in [-0.4, -0.2) is 0 Å². The molecule has 20 heavy (non-hydrogen) atoms. The number of alkyl halides is 1. The molecule has 3 heteroatoms. The first kappa shape index (κ1) is 13.9. The van der Waals surface area contributed by atoms with Gasteiger partial charge in [0.05, 0.1) is 4.83 Å². The highest BCUT2D eigenvalue weighted by Crippen LogP contribution is 2.37. The lowest BCUT2D eigenvalue weighted by Crippen LogP contribution is -1.94. The SMILES string of the molecule is Clc1ccc(Cl)c(C(Br)c2ccc3ccccc3c2)c1. The summed E-state index contributed by atoms with van der Waals surface area (Å²) in [5, 5.41) is 3.85. The zero-order valence-corrected chi connectivity index (χ0v) is 13.6. The smallest absolute Gasteiger partial charge is 0.0659 e. The third kappa shape index (κ3) is 2.71. The normalized spacial score (nSPS) is 12.6. The summed E-state index contributed by atoms with van der Waals surface area (Å²) in [6.07, 6.45) is 0. The van der Waals surface area contributed by atoms with Crippen molar-refractivity contribution < 1.29 is 0 Å². The van der Waals surface area contributed by atoms with Gasteiger partial charge in [-0.2, -0.15) is 0 Å². The van der Waals surface area contributed by atoms with Crippen molar-refractivity contribution in [1.29, 1.82) is 0 Å². The van der Waals surface area contributed by atoms with Crippen molar-refractivity contribution in [2.45, 2.75) is 4.83 Å². The van der Waals surface area contributed by atoms with Crippen molar-refractivity contribution >= 4 is 49.9 Å². The van der Waals surface area contributed by atoms with Crippen LogP contribution < -0.4 is 0 Å². The molecule has 0 fully saturated rings. The Morgan fingerprint density at radius 2 is 1.55 bits per heavy atom. The zero-order valence-electron chi connectivity index (χ0n) is 10.5. The van der Waals surface area contributed by atoms with E-state index < -0.39 is 0 Å². The molecule has 0 amide bonds. The van der Waals surface area contributed by atoms with Crippen molar-refractivity contribution in [3.8, 4) is 0 Å². The lowest BCUT2D eigenvalue weighted by atomic mass is 10.0. The second-order valence-electron chi connectivity index (χ2n) is 4.63.